The molecule has 3 heterocycles. The molecule has 1 aromatic carbocycles. The number of fused-ring (bicyclic) bond motifs is 1. The lowest BCUT2D eigenvalue weighted by Crippen LogP contribution is -2.05. The maximum absolute atomic E-state index is 5.40. The van der Waals surface area contributed by atoms with Crippen LogP contribution in [0.4, 0.5) is 0 Å². The summed E-state index contributed by atoms with van der Waals surface area (Å²) in [7, 11) is 0. The zero-order valence-corrected chi connectivity index (χ0v) is 13.7. The SMILES string of the molecule is CCc1nc2ccccc2n1Cc1noc(-c2scnc2C)n1. The van der Waals surface area contributed by atoms with Crippen molar-refractivity contribution in [3.05, 3.63) is 47.1 Å². The van der Waals surface area contributed by atoms with Gasteiger partial charge in [0, 0.05) is 6.42 Å². The molecule has 4 aromatic rings. The van der Waals surface area contributed by atoms with Crippen molar-refractivity contribution in [2.75, 3.05) is 0 Å². The highest BCUT2D eigenvalue weighted by molar-refractivity contribution is 7.13. The highest BCUT2D eigenvalue weighted by Crippen LogP contribution is 2.26. The topological polar surface area (TPSA) is 69.6 Å². The van der Waals surface area contributed by atoms with Crippen LogP contribution in [0.2, 0.25) is 0 Å². The predicted octanol–water partition coefficient (Wildman–Crippen LogP) is 3.46. The monoisotopic (exact) mass is 325 g/mol. The summed E-state index contributed by atoms with van der Waals surface area (Å²) in [6, 6.07) is 8.10. The number of aryl methyl sites for hydroxylation is 2. The maximum atomic E-state index is 5.40. The highest BCUT2D eigenvalue weighted by Gasteiger charge is 2.16. The zero-order chi connectivity index (χ0) is 15.8. The summed E-state index contributed by atoms with van der Waals surface area (Å²) in [5.41, 5.74) is 4.77. The maximum Gasteiger partial charge on any atom is 0.269 e. The summed E-state index contributed by atoms with van der Waals surface area (Å²) < 4.78 is 7.54. The van der Waals surface area contributed by atoms with Gasteiger partial charge in [0.15, 0.2) is 5.82 Å². The van der Waals surface area contributed by atoms with E-state index in [1.54, 1.807) is 5.51 Å². The van der Waals surface area contributed by atoms with Crippen LogP contribution in [0.25, 0.3) is 21.8 Å². The van der Waals surface area contributed by atoms with Gasteiger partial charge in [-0.2, -0.15) is 4.98 Å². The molecule has 0 saturated heterocycles. The van der Waals surface area contributed by atoms with Crippen molar-refractivity contribution < 1.29 is 4.52 Å². The molecule has 0 spiro atoms. The van der Waals surface area contributed by atoms with Crippen molar-refractivity contribution in [2.45, 2.75) is 26.8 Å². The van der Waals surface area contributed by atoms with E-state index in [4.69, 9.17) is 4.52 Å². The fraction of sp³-hybridized carbons (Fsp3) is 0.250. The molecule has 116 valence electrons. The summed E-state index contributed by atoms with van der Waals surface area (Å²) in [5.74, 6) is 2.19. The van der Waals surface area contributed by atoms with Crippen LogP contribution in [-0.4, -0.2) is 24.7 Å². The third kappa shape index (κ3) is 2.43. The number of hydrogen-bond acceptors (Lipinski definition) is 6. The lowest BCUT2D eigenvalue weighted by Gasteiger charge is -2.04. The van der Waals surface area contributed by atoms with Crippen molar-refractivity contribution in [2.24, 2.45) is 0 Å². The van der Waals surface area contributed by atoms with Crippen LogP contribution < -0.4 is 0 Å². The van der Waals surface area contributed by atoms with Gasteiger partial charge < -0.3 is 9.09 Å². The second kappa shape index (κ2) is 5.58. The standard InChI is InChI=1S/C16H15N5OS/c1-3-14-18-11-6-4-5-7-12(11)21(14)8-13-19-16(22-20-13)15-10(2)17-9-23-15/h4-7,9H,3,8H2,1-2H3. The molecule has 0 aliphatic heterocycles. The van der Waals surface area contributed by atoms with E-state index in [2.05, 4.69) is 37.7 Å². The molecule has 6 nitrogen and oxygen atoms in total. The van der Waals surface area contributed by atoms with E-state index >= 15 is 0 Å². The van der Waals surface area contributed by atoms with E-state index in [0.29, 0.717) is 18.3 Å². The second-order valence-corrected chi connectivity index (χ2v) is 6.09. The van der Waals surface area contributed by atoms with Crippen molar-refractivity contribution in [1.82, 2.24) is 24.7 Å². The van der Waals surface area contributed by atoms with E-state index in [1.165, 1.54) is 11.3 Å². The van der Waals surface area contributed by atoms with Crippen LogP contribution in [0.5, 0.6) is 0 Å². The van der Waals surface area contributed by atoms with Gasteiger partial charge in [0.05, 0.1) is 28.8 Å². The Morgan fingerprint density at radius 1 is 1.22 bits per heavy atom. The Morgan fingerprint density at radius 2 is 2.09 bits per heavy atom. The number of hydrogen-bond donors (Lipinski definition) is 0. The van der Waals surface area contributed by atoms with E-state index in [0.717, 1.165) is 33.8 Å². The highest BCUT2D eigenvalue weighted by atomic mass is 32.1. The smallest absolute Gasteiger partial charge is 0.269 e. The molecule has 0 amide bonds. The molecule has 0 aliphatic carbocycles. The Balaban J connectivity index is 1.72. The average molecular weight is 325 g/mol. The van der Waals surface area contributed by atoms with Gasteiger partial charge in [-0.1, -0.05) is 24.2 Å². The Bertz CT molecular complexity index is 968. The molecule has 0 unspecified atom stereocenters. The largest absolute Gasteiger partial charge is 0.333 e. The predicted molar refractivity (Wildman–Crippen MR) is 88.4 cm³/mol. The van der Waals surface area contributed by atoms with Gasteiger partial charge >= 0.3 is 0 Å². The van der Waals surface area contributed by atoms with Gasteiger partial charge in [0.1, 0.15) is 10.7 Å². The lowest BCUT2D eigenvalue weighted by molar-refractivity contribution is 0.421. The Morgan fingerprint density at radius 3 is 2.87 bits per heavy atom. The minimum Gasteiger partial charge on any atom is -0.333 e. The van der Waals surface area contributed by atoms with Crippen molar-refractivity contribution >= 4 is 22.4 Å². The third-order valence-corrected chi connectivity index (χ3v) is 4.67. The lowest BCUT2D eigenvalue weighted by atomic mass is 10.3. The summed E-state index contributed by atoms with van der Waals surface area (Å²) in [4.78, 5) is 14.3. The first-order valence-electron chi connectivity index (χ1n) is 7.43. The molecule has 0 bridgehead atoms. The fourth-order valence-electron chi connectivity index (χ4n) is 2.63. The van der Waals surface area contributed by atoms with Crippen molar-refractivity contribution in [3.63, 3.8) is 0 Å². The first-order chi connectivity index (χ1) is 11.3. The minimum absolute atomic E-state index is 0.530. The van der Waals surface area contributed by atoms with Gasteiger partial charge in [-0.15, -0.1) is 11.3 Å². The molecule has 3 aromatic heterocycles. The minimum atomic E-state index is 0.530. The number of imidazole rings is 1. The van der Waals surface area contributed by atoms with Crippen LogP contribution in [0.3, 0.4) is 0 Å². The molecule has 0 atom stereocenters. The van der Waals surface area contributed by atoms with Crippen LogP contribution in [0.15, 0.2) is 34.3 Å². The summed E-state index contributed by atoms with van der Waals surface area (Å²) in [5, 5.41) is 4.11. The fourth-order valence-corrected chi connectivity index (χ4v) is 3.35. The number of benzene rings is 1. The summed E-state index contributed by atoms with van der Waals surface area (Å²) in [6.07, 6.45) is 0.855. The number of rotatable bonds is 4. The Kier molecular flexibility index (Phi) is 3.42. The van der Waals surface area contributed by atoms with E-state index < -0.39 is 0 Å². The number of nitrogens with zero attached hydrogens (tertiary/aromatic N) is 5. The third-order valence-electron chi connectivity index (χ3n) is 3.76. The average Bonchev–Trinajstić information content (AvgIpc) is 3.27. The van der Waals surface area contributed by atoms with E-state index in [9.17, 15) is 0 Å². The molecule has 0 saturated carbocycles. The molecular weight excluding hydrogens is 310 g/mol. The molecule has 23 heavy (non-hydrogen) atoms. The van der Waals surface area contributed by atoms with Crippen LogP contribution >= 0.6 is 11.3 Å². The first kappa shape index (κ1) is 14.1. The normalized spacial score (nSPS) is 11.4. The molecule has 4 rings (SSSR count). The van der Waals surface area contributed by atoms with Gasteiger partial charge in [0.25, 0.3) is 5.89 Å². The number of para-hydroxylation sites is 2. The van der Waals surface area contributed by atoms with Gasteiger partial charge in [0.2, 0.25) is 0 Å². The van der Waals surface area contributed by atoms with E-state index in [-0.39, 0.29) is 0 Å². The summed E-state index contributed by atoms with van der Waals surface area (Å²) in [6.45, 7) is 4.58. The zero-order valence-electron chi connectivity index (χ0n) is 12.9. The second-order valence-electron chi connectivity index (χ2n) is 5.24. The van der Waals surface area contributed by atoms with Gasteiger partial charge in [-0.05, 0) is 19.1 Å². The van der Waals surface area contributed by atoms with Crippen LogP contribution in [0, 0.1) is 6.92 Å². The van der Waals surface area contributed by atoms with Gasteiger partial charge in [-0.3, -0.25) is 0 Å². The van der Waals surface area contributed by atoms with Crippen LogP contribution in [0.1, 0.15) is 24.3 Å². The summed E-state index contributed by atoms with van der Waals surface area (Å²) >= 11 is 1.51. The molecule has 7 heteroatoms. The first-order valence-corrected chi connectivity index (χ1v) is 8.31. The molecule has 0 N–H and O–H groups in total. The van der Waals surface area contributed by atoms with Crippen molar-refractivity contribution in [1.29, 1.82) is 0 Å². The van der Waals surface area contributed by atoms with E-state index in [1.807, 2.05) is 25.1 Å². The molecular formula is C16H15N5OS. The number of thiazole rings is 1. The number of aromatic nitrogens is 5. The van der Waals surface area contributed by atoms with Gasteiger partial charge in [-0.25, -0.2) is 9.97 Å². The molecule has 0 aliphatic rings. The Hall–Kier alpha value is -2.54. The molecule has 0 radical (unpaired) electrons. The quantitative estimate of drug-likeness (QED) is 0.574. The Labute approximate surface area is 136 Å². The van der Waals surface area contributed by atoms with Crippen LogP contribution in [-0.2, 0) is 13.0 Å². The van der Waals surface area contributed by atoms with Crippen molar-refractivity contribution in [3.8, 4) is 10.8 Å². The molecule has 0 fully saturated rings.